The largest absolute Gasteiger partial charge is 0.384 e. The molecule has 0 aromatic rings. The molecule has 0 bridgehead atoms. The third-order valence-electron chi connectivity index (χ3n) is 6.63. The van der Waals surface area contributed by atoms with Crippen LogP contribution in [0, 0.1) is 11.8 Å². The second-order valence-corrected chi connectivity index (χ2v) is 9.78. The first kappa shape index (κ1) is 22.5. The number of hydrogen-bond donors (Lipinski definition) is 4. The molecule has 0 aromatic heterocycles. The molecular weight excluding hydrogens is 362 g/mol. The van der Waals surface area contributed by atoms with Gasteiger partial charge < -0.3 is 15.8 Å². The van der Waals surface area contributed by atoms with Crippen molar-refractivity contribution in [2.24, 2.45) is 22.6 Å². The molecule has 5 N–H and O–H groups in total. The molecule has 7 unspecified atom stereocenters. The van der Waals surface area contributed by atoms with Crippen LogP contribution in [0.1, 0.15) is 53.9 Å². The molecule has 0 saturated carbocycles. The maximum Gasteiger partial charge on any atom is 0.118 e. The van der Waals surface area contributed by atoms with Gasteiger partial charge in [-0.2, -0.15) is 0 Å². The van der Waals surface area contributed by atoms with Crippen molar-refractivity contribution in [2.45, 2.75) is 89.8 Å². The average molecular weight is 404 g/mol. The first-order valence-electron chi connectivity index (χ1n) is 11.3. The Bertz CT molecular complexity index is 645. The van der Waals surface area contributed by atoms with Crippen LogP contribution in [-0.4, -0.2) is 54.9 Å². The summed E-state index contributed by atoms with van der Waals surface area (Å²) in [6, 6.07) is 0.516. The zero-order valence-electron chi connectivity index (χ0n) is 18.9. The van der Waals surface area contributed by atoms with Crippen LogP contribution in [0.5, 0.6) is 0 Å². The summed E-state index contributed by atoms with van der Waals surface area (Å²) < 4.78 is 6.13. The topological polar surface area (TPSA) is 83.7 Å². The summed E-state index contributed by atoms with van der Waals surface area (Å²) in [6.07, 6.45) is 7.95. The van der Waals surface area contributed by atoms with Gasteiger partial charge in [-0.05, 0) is 44.1 Å². The lowest BCUT2D eigenvalue weighted by Crippen LogP contribution is -2.60. The van der Waals surface area contributed by atoms with Gasteiger partial charge in [-0.15, -0.1) is 0 Å². The average Bonchev–Trinajstić information content (AvgIpc) is 3.23. The molecule has 7 atom stereocenters. The number of hydrogen-bond acceptors (Lipinski definition) is 5. The van der Waals surface area contributed by atoms with Crippen LogP contribution >= 0.6 is 0 Å². The van der Waals surface area contributed by atoms with E-state index in [1.807, 2.05) is 0 Å². The summed E-state index contributed by atoms with van der Waals surface area (Å²) in [5.74, 6) is 1.66. The van der Waals surface area contributed by atoms with Crippen molar-refractivity contribution in [3.63, 3.8) is 0 Å². The van der Waals surface area contributed by atoms with Gasteiger partial charge in [0.1, 0.15) is 5.84 Å². The Kier molecular flexibility index (Phi) is 7.20. The SMILES string of the molecule is C=CC(N)=NC1COC2C(NC(NC3(C)C=C(CC)CC(C)C3)C(C)C)CNC12. The summed E-state index contributed by atoms with van der Waals surface area (Å²) in [5, 5.41) is 11.4. The third kappa shape index (κ3) is 5.29. The smallest absolute Gasteiger partial charge is 0.118 e. The van der Waals surface area contributed by atoms with Crippen LogP contribution in [0.4, 0.5) is 0 Å². The van der Waals surface area contributed by atoms with Crippen LogP contribution in [0.15, 0.2) is 29.3 Å². The van der Waals surface area contributed by atoms with E-state index in [1.54, 1.807) is 11.6 Å². The molecule has 2 aliphatic heterocycles. The van der Waals surface area contributed by atoms with Gasteiger partial charge in [-0.3, -0.25) is 15.6 Å². The Hall–Kier alpha value is -1.21. The number of ether oxygens (including phenoxy) is 1. The molecule has 3 aliphatic rings. The Morgan fingerprint density at radius 1 is 1.52 bits per heavy atom. The van der Waals surface area contributed by atoms with Gasteiger partial charge in [0.05, 0.1) is 31.0 Å². The quantitative estimate of drug-likeness (QED) is 0.216. The second kappa shape index (κ2) is 9.29. The molecule has 1 aliphatic carbocycles. The van der Waals surface area contributed by atoms with E-state index in [1.165, 1.54) is 12.8 Å². The number of nitrogens with one attached hydrogen (secondary N) is 3. The van der Waals surface area contributed by atoms with Crippen molar-refractivity contribution in [3.05, 3.63) is 24.3 Å². The zero-order chi connectivity index (χ0) is 21.2. The Morgan fingerprint density at radius 2 is 2.28 bits per heavy atom. The molecule has 164 valence electrons. The van der Waals surface area contributed by atoms with Crippen molar-refractivity contribution in [2.75, 3.05) is 13.2 Å². The maximum absolute atomic E-state index is 6.13. The molecule has 6 nitrogen and oxygen atoms in total. The lowest BCUT2D eigenvalue weighted by Gasteiger charge is -2.41. The number of aliphatic imine (C=N–C) groups is 1. The van der Waals surface area contributed by atoms with Gasteiger partial charge in [-0.1, -0.05) is 45.9 Å². The number of allylic oxidation sites excluding steroid dienone is 1. The standard InChI is InChI=1S/C23H41N5O/c1-7-16-9-15(5)10-23(6,11-16)28-22(14(3)4)27-17-12-25-20-18(13-29-21(17)20)26-19(24)8-2/h8,11,14-15,17-18,20-22,25,27-28H,2,7,9-10,12-13H2,1,3-6H3,(H2,24,26). The van der Waals surface area contributed by atoms with E-state index in [0.717, 1.165) is 13.0 Å². The predicted molar refractivity (Wildman–Crippen MR) is 121 cm³/mol. The molecule has 2 saturated heterocycles. The van der Waals surface area contributed by atoms with Crippen LogP contribution < -0.4 is 21.7 Å². The van der Waals surface area contributed by atoms with E-state index in [2.05, 4.69) is 68.2 Å². The highest BCUT2D eigenvalue weighted by molar-refractivity contribution is 5.91. The van der Waals surface area contributed by atoms with E-state index < -0.39 is 0 Å². The first-order chi connectivity index (χ1) is 13.7. The predicted octanol–water partition coefficient (Wildman–Crippen LogP) is 2.32. The van der Waals surface area contributed by atoms with Gasteiger partial charge in [0.15, 0.2) is 0 Å². The normalized spacial score (nSPS) is 38.8. The summed E-state index contributed by atoms with van der Waals surface area (Å²) in [6.45, 7) is 16.7. The minimum Gasteiger partial charge on any atom is -0.384 e. The minimum absolute atomic E-state index is 0.0259. The number of rotatable bonds is 8. The van der Waals surface area contributed by atoms with Gasteiger partial charge in [-0.25, -0.2) is 0 Å². The Morgan fingerprint density at radius 3 is 2.93 bits per heavy atom. The van der Waals surface area contributed by atoms with Crippen LogP contribution in [0.3, 0.4) is 0 Å². The molecule has 3 rings (SSSR count). The van der Waals surface area contributed by atoms with Crippen molar-refractivity contribution in [1.29, 1.82) is 0 Å². The molecule has 0 spiro atoms. The fraction of sp³-hybridized carbons (Fsp3) is 0.783. The molecule has 6 heteroatoms. The number of nitrogens with two attached hydrogens (primary N) is 1. The zero-order valence-corrected chi connectivity index (χ0v) is 18.9. The van der Waals surface area contributed by atoms with Crippen molar-refractivity contribution in [3.8, 4) is 0 Å². The maximum atomic E-state index is 6.13. The fourth-order valence-electron chi connectivity index (χ4n) is 5.29. The highest BCUT2D eigenvalue weighted by Gasteiger charge is 2.47. The van der Waals surface area contributed by atoms with Crippen molar-refractivity contribution >= 4 is 5.84 Å². The highest BCUT2D eigenvalue weighted by Crippen LogP contribution is 2.33. The van der Waals surface area contributed by atoms with E-state index in [-0.39, 0.29) is 35.9 Å². The molecule has 29 heavy (non-hydrogen) atoms. The molecule has 2 fully saturated rings. The fourth-order valence-corrected chi connectivity index (χ4v) is 5.29. The van der Waals surface area contributed by atoms with Crippen LogP contribution in [0.25, 0.3) is 0 Å². The molecule has 0 aromatic carbocycles. The Balaban J connectivity index is 1.67. The molecule has 0 amide bonds. The van der Waals surface area contributed by atoms with Gasteiger partial charge in [0.2, 0.25) is 0 Å². The highest BCUT2D eigenvalue weighted by atomic mass is 16.5. The lowest BCUT2D eigenvalue weighted by atomic mass is 9.78. The van der Waals surface area contributed by atoms with E-state index in [9.17, 15) is 0 Å². The van der Waals surface area contributed by atoms with Crippen LogP contribution in [0.2, 0.25) is 0 Å². The van der Waals surface area contributed by atoms with Crippen molar-refractivity contribution < 1.29 is 4.74 Å². The number of nitrogens with zero attached hydrogens (tertiary/aromatic N) is 1. The van der Waals surface area contributed by atoms with E-state index in [0.29, 0.717) is 24.3 Å². The molecular formula is C23H41N5O. The van der Waals surface area contributed by atoms with Gasteiger partial charge in [0.25, 0.3) is 0 Å². The van der Waals surface area contributed by atoms with Gasteiger partial charge >= 0.3 is 0 Å². The van der Waals surface area contributed by atoms with E-state index in [4.69, 9.17) is 10.5 Å². The summed E-state index contributed by atoms with van der Waals surface area (Å²) in [7, 11) is 0. The number of amidine groups is 1. The second-order valence-electron chi connectivity index (χ2n) is 9.78. The first-order valence-corrected chi connectivity index (χ1v) is 11.3. The summed E-state index contributed by atoms with van der Waals surface area (Å²) >= 11 is 0. The van der Waals surface area contributed by atoms with Gasteiger partial charge in [0, 0.05) is 18.1 Å². The molecule has 2 heterocycles. The van der Waals surface area contributed by atoms with Crippen molar-refractivity contribution in [1.82, 2.24) is 16.0 Å². The third-order valence-corrected chi connectivity index (χ3v) is 6.63. The summed E-state index contributed by atoms with van der Waals surface area (Å²) in [4.78, 5) is 4.55. The number of fused-ring (bicyclic) bond motifs is 1. The lowest BCUT2D eigenvalue weighted by molar-refractivity contribution is 0.0776. The Labute approximate surface area is 176 Å². The molecule has 0 radical (unpaired) electrons. The van der Waals surface area contributed by atoms with Crippen LogP contribution in [-0.2, 0) is 4.74 Å². The minimum atomic E-state index is 0.0259. The van der Waals surface area contributed by atoms with E-state index >= 15 is 0 Å². The summed E-state index contributed by atoms with van der Waals surface area (Å²) in [5.41, 5.74) is 7.46. The monoisotopic (exact) mass is 403 g/mol.